The summed E-state index contributed by atoms with van der Waals surface area (Å²) in [5.41, 5.74) is 2.48. The first-order valence-electron chi connectivity index (χ1n) is 10.6. The van der Waals surface area contributed by atoms with Gasteiger partial charge in [0.15, 0.2) is 11.3 Å². The first-order chi connectivity index (χ1) is 14.7. The lowest BCUT2D eigenvalue weighted by Crippen LogP contribution is -2.36. The highest BCUT2D eigenvalue weighted by atomic mass is 16.5. The molecule has 1 saturated carbocycles. The molecule has 2 heterocycles. The first kappa shape index (κ1) is 19.0. The molecule has 6 heteroatoms. The summed E-state index contributed by atoms with van der Waals surface area (Å²) in [5.74, 6) is 1.21. The topological polar surface area (TPSA) is 63.9 Å². The predicted octanol–water partition coefficient (Wildman–Crippen LogP) is 4.34. The van der Waals surface area contributed by atoms with Gasteiger partial charge in [-0.15, -0.1) is 0 Å². The molecule has 0 spiro atoms. The summed E-state index contributed by atoms with van der Waals surface area (Å²) in [7, 11) is 0. The van der Waals surface area contributed by atoms with Crippen molar-refractivity contribution in [1.82, 2.24) is 0 Å². The normalized spacial score (nSPS) is 17.7. The number of hydrogen-bond donors (Lipinski definition) is 1. The van der Waals surface area contributed by atoms with Crippen LogP contribution in [-0.4, -0.2) is 32.4 Å². The highest BCUT2D eigenvalue weighted by Gasteiger charge is 2.27. The van der Waals surface area contributed by atoms with Gasteiger partial charge >= 0.3 is 0 Å². The number of anilines is 2. The minimum atomic E-state index is -0.0675. The monoisotopic (exact) mass is 406 g/mol. The smallest absolute Gasteiger partial charge is 0.200 e. The average molecular weight is 406 g/mol. The van der Waals surface area contributed by atoms with Crippen LogP contribution in [0.2, 0.25) is 0 Å². The molecule has 2 fully saturated rings. The van der Waals surface area contributed by atoms with Crippen molar-refractivity contribution in [3.63, 3.8) is 0 Å². The van der Waals surface area contributed by atoms with Gasteiger partial charge in [-0.3, -0.25) is 4.79 Å². The number of fused-ring (bicyclic) bond motifs is 1. The lowest BCUT2D eigenvalue weighted by Gasteiger charge is -2.27. The van der Waals surface area contributed by atoms with Crippen molar-refractivity contribution in [2.24, 2.45) is 0 Å². The highest BCUT2D eigenvalue weighted by molar-refractivity contribution is 5.87. The molecule has 1 aromatic heterocycles. The van der Waals surface area contributed by atoms with Crippen molar-refractivity contribution in [1.29, 1.82) is 0 Å². The number of hydrogen-bond acceptors (Lipinski definition) is 6. The van der Waals surface area contributed by atoms with E-state index in [2.05, 4.69) is 17.1 Å². The van der Waals surface area contributed by atoms with Crippen LogP contribution in [0.15, 0.2) is 57.7 Å². The van der Waals surface area contributed by atoms with E-state index in [1.54, 1.807) is 6.07 Å². The SMILES string of the molecule is C[C@@H](Nc1ccccc1)c1ccc(OC2CC2)c2c(=O)cc(N3CCOCC3)oc12. The van der Waals surface area contributed by atoms with Gasteiger partial charge in [0.05, 0.1) is 25.4 Å². The van der Waals surface area contributed by atoms with Crippen molar-refractivity contribution in [3.8, 4) is 5.75 Å². The van der Waals surface area contributed by atoms with Crippen molar-refractivity contribution in [2.75, 3.05) is 36.5 Å². The number of nitrogens with zero attached hydrogens (tertiary/aromatic N) is 1. The zero-order valence-electron chi connectivity index (χ0n) is 17.1. The fourth-order valence-electron chi connectivity index (χ4n) is 3.85. The average Bonchev–Trinajstić information content (AvgIpc) is 3.59. The Morgan fingerprint density at radius 2 is 1.87 bits per heavy atom. The zero-order chi connectivity index (χ0) is 20.5. The molecular weight excluding hydrogens is 380 g/mol. The van der Waals surface area contributed by atoms with Gasteiger partial charge in [-0.2, -0.15) is 0 Å². The van der Waals surface area contributed by atoms with Gasteiger partial charge in [0.2, 0.25) is 0 Å². The zero-order valence-corrected chi connectivity index (χ0v) is 17.1. The summed E-state index contributed by atoms with van der Waals surface area (Å²) in [6.45, 7) is 4.75. The molecule has 3 aromatic rings. The minimum Gasteiger partial charge on any atom is -0.490 e. The van der Waals surface area contributed by atoms with Crippen molar-refractivity contribution in [2.45, 2.75) is 31.9 Å². The lowest BCUT2D eigenvalue weighted by molar-refractivity contribution is 0.121. The third-order valence-electron chi connectivity index (χ3n) is 5.62. The van der Waals surface area contributed by atoms with E-state index in [-0.39, 0.29) is 17.6 Å². The second-order valence-electron chi connectivity index (χ2n) is 7.95. The highest BCUT2D eigenvalue weighted by Crippen LogP contribution is 2.36. The molecule has 0 unspecified atom stereocenters. The molecule has 156 valence electrons. The fraction of sp³-hybridized carbons (Fsp3) is 0.375. The van der Waals surface area contributed by atoms with E-state index in [4.69, 9.17) is 13.9 Å². The molecule has 6 nitrogen and oxygen atoms in total. The van der Waals surface area contributed by atoms with Crippen molar-refractivity contribution in [3.05, 3.63) is 64.3 Å². The van der Waals surface area contributed by atoms with Crippen LogP contribution in [0.4, 0.5) is 11.6 Å². The molecule has 0 radical (unpaired) electrons. The lowest BCUT2D eigenvalue weighted by atomic mass is 10.0. The largest absolute Gasteiger partial charge is 0.490 e. The molecule has 1 aliphatic carbocycles. The third kappa shape index (κ3) is 3.87. The van der Waals surface area contributed by atoms with Gasteiger partial charge in [0.1, 0.15) is 16.7 Å². The first-order valence-corrected chi connectivity index (χ1v) is 10.6. The number of benzene rings is 2. The van der Waals surface area contributed by atoms with Crippen LogP contribution < -0.4 is 20.4 Å². The number of rotatable bonds is 6. The van der Waals surface area contributed by atoms with Crippen LogP contribution in [0.1, 0.15) is 31.4 Å². The van der Waals surface area contributed by atoms with E-state index in [1.165, 1.54) is 0 Å². The minimum absolute atomic E-state index is 0.0482. The molecular formula is C24H26N2O4. The molecule has 1 saturated heterocycles. The Morgan fingerprint density at radius 3 is 2.60 bits per heavy atom. The summed E-state index contributed by atoms with van der Waals surface area (Å²) in [5, 5.41) is 4.03. The Labute approximate surface area is 175 Å². The Kier molecular flexibility index (Phi) is 5.09. The van der Waals surface area contributed by atoms with E-state index < -0.39 is 0 Å². The van der Waals surface area contributed by atoms with Crippen LogP contribution >= 0.6 is 0 Å². The van der Waals surface area contributed by atoms with Gasteiger partial charge in [-0.1, -0.05) is 18.2 Å². The van der Waals surface area contributed by atoms with Crippen LogP contribution in [-0.2, 0) is 4.74 Å². The van der Waals surface area contributed by atoms with Crippen LogP contribution in [0.3, 0.4) is 0 Å². The molecule has 5 rings (SSSR count). The Balaban J connectivity index is 1.59. The summed E-state index contributed by atoms with van der Waals surface area (Å²) in [6, 6.07) is 15.5. The van der Waals surface area contributed by atoms with Gasteiger partial charge in [-0.25, -0.2) is 0 Å². The van der Waals surface area contributed by atoms with Crippen LogP contribution in [0, 0.1) is 0 Å². The van der Waals surface area contributed by atoms with E-state index in [1.807, 2.05) is 42.5 Å². The molecule has 0 bridgehead atoms. The fourth-order valence-corrected chi connectivity index (χ4v) is 3.85. The maximum absolute atomic E-state index is 13.2. The van der Waals surface area contributed by atoms with Crippen LogP contribution in [0.5, 0.6) is 5.75 Å². The summed E-state index contributed by atoms with van der Waals surface area (Å²) in [6.07, 6.45) is 2.27. The van der Waals surface area contributed by atoms with Crippen molar-refractivity contribution < 1.29 is 13.9 Å². The summed E-state index contributed by atoms with van der Waals surface area (Å²) in [4.78, 5) is 15.2. The van der Waals surface area contributed by atoms with E-state index >= 15 is 0 Å². The van der Waals surface area contributed by atoms with Crippen LogP contribution in [0.25, 0.3) is 11.0 Å². The Morgan fingerprint density at radius 1 is 1.10 bits per heavy atom. The second kappa shape index (κ2) is 8.03. The second-order valence-corrected chi connectivity index (χ2v) is 7.95. The summed E-state index contributed by atoms with van der Waals surface area (Å²) >= 11 is 0. The predicted molar refractivity (Wildman–Crippen MR) is 118 cm³/mol. The number of morpholine rings is 1. The molecule has 30 heavy (non-hydrogen) atoms. The Hall–Kier alpha value is -2.99. The number of ether oxygens (including phenoxy) is 2. The maximum atomic E-state index is 13.2. The molecule has 2 aromatic carbocycles. The maximum Gasteiger partial charge on any atom is 0.200 e. The van der Waals surface area contributed by atoms with Gasteiger partial charge in [-0.05, 0) is 44.0 Å². The van der Waals surface area contributed by atoms with Gasteiger partial charge in [0.25, 0.3) is 0 Å². The molecule has 0 amide bonds. The van der Waals surface area contributed by atoms with E-state index in [0.29, 0.717) is 48.9 Å². The number of para-hydroxylation sites is 1. The standard InChI is InChI=1S/C24H26N2O4/c1-16(25-17-5-3-2-4-6-17)19-9-10-21(29-18-7-8-18)23-20(27)15-22(30-24(19)23)26-11-13-28-14-12-26/h2-6,9-10,15-16,18,25H,7-8,11-14H2,1H3/t16-/m1/s1. The van der Waals surface area contributed by atoms with Gasteiger partial charge in [0, 0.05) is 30.4 Å². The molecule has 1 atom stereocenters. The third-order valence-corrected chi connectivity index (χ3v) is 5.62. The number of nitrogens with one attached hydrogen (secondary N) is 1. The molecule has 1 aliphatic heterocycles. The van der Waals surface area contributed by atoms with Crippen molar-refractivity contribution >= 4 is 22.5 Å². The molecule has 2 aliphatic rings. The van der Waals surface area contributed by atoms with E-state index in [0.717, 1.165) is 24.1 Å². The quantitative estimate of drug-likeness (QED) is 0.657. The molecule has 1 N–H and O–H groups in total. The Bertz CT molecular complexity index is 1090. The van der Waals surface area contributed by atoms with E-state index in [9.17, 15) is 4.79 Å². The summed E-state index contributed by atoms with van der Waals surface area (Å²) < 4.78 is 17.9. The van der Waals surface area contributed by atoms with Gasteiger partial charge < -0.3 is 24.1 Å².